The number of anilines is 2. The van der Waals surface area contributed by atoms with Crippen LogP contribution in [0.5, 0.6) is 0 Å². The zero-order valence-electron chi connectivity index (χ0n) is 20.3. The summed E-state index contributed by atoms with van der Waals surface area (Å²) in [5.74, 6) is 0.276. The molecular formula is C28H27N5O4. The van der Waals surface area contributed by atoms with E-state index in [1.54, 1.807) is 42.5 Å². The molecule has 1 saturated heterocycles. The summed E-state index contributed by atoms with van der Waals surface area (Å²) >= 11 is 0. The molecule has 0 aliphatic carbocycles. The summed E-state index contributed by atoms with van der Waals surface area (Å²) < 4.78 is 0. The number of carboxylic acid groups (broad SMARTS) is 1. The molecular weight excluding hydrogens is 470 g/mol. The Balaban J connectivity index is 1.49. The van der Waals surface area contributed by atoms with E-state index in [2.05, 4.69) is 21.4 Å². The smallest absolute Gasteiger partial charge is 0.413 e. The van der Waals surface area contributed by atoms with Crippen LogP contribution in [0.15, 0.2) is 66.7 Å². The molecule has 0 saturated carbocycles. The maximum atomic E-state index is 13.8. The largest absolute Gasteiger partial charge is 0.465 e. The van der Waals surface area contributed by atoms with Crippen molar-refractivity contribution < 1.29 is 19.8 Å². The third-order valence-corrected chi connectivity index (χ3v) is 7.48. The molecule has 0 bridgehead atoms. The SMILES string of the molecule is CN(C(=O)O)c1nc2ccc(C3(O)c4ccccc4C(=O)N3c3cccc(C4CCNCC4)c3)cc2[nH]1. The molecule has 2 aliphatic heterocycles. The monoisotopic (exact) mass is 497 g/mol. The molecule has 6 rings (SSSR count). The van der Waals surface area contributed by atoms with Crippen LogP contribution >= 0.6 is 0 Å². The molecule has 1 aromatic heterocycles. The summed E-state index contributed by atoms with van der Waals surface area (Å²) in [6.45, 7) is 1.91. The first-order valence-electron chi connectivity index (χ1n) is 12.3. The minimum Gasteiger partial charge on any atom is -0.465 e. The predicted molar refractivity (Wildman–Crippen MR) is 140 cm³/mol. The van der Waals surface area contributed by atoms with E-state index in [0.29, 0.717) is 39.3 Å². The number of hydrogen-bond donors (Lipinski definition) is 4. The molecule has 1 unspecified atom stereocenters. The highest BCUT2D eigenvalue weighted by molar-refractivity contribution is 6.12. The van der Waals surface area contributed by atoms with E-state index in [-0.39, 0.29) is 11.9 Å². The average Bonchev–Trinajstić information content (AvgIpc) is 3.46. The summed E-state index contributed by atoms with van der Waals surface area (Å²) in [5.41, 5.74) is 2.51. The van der Waals surface area contributed by atoms with Gasteiger partial charge in [0.25, 0.3) is 5.91 Å². The van der Waals surface area contributed by atoms with Crippen LogP contribution in [0.3, 0.4) is 0 Å². The van der Waals surface area contributed by atoms with Crippen molar-refractivity contribution in [3.63, 3.8) is 0 Å². The van der Waals surface area contributed by atoms with Crippen LogP contribution in [0.4, 0.5) is 16.4 Å². The van der Waals surface area contributed by atoms with Gasteiger partial charge in [0, 0.05) is 29.4 Å². The lowest BCUT2D eigenvalue weighted by molar-refractivity contribution is 0.0704. The molecule has 3 heterocycles. The van der Waals surface area contributed by atoms with Crippen molar-refractivity contribution in [2.45, 2.75) is 24.5 Å². The number of piperidine rings is 1. The van der Waals surface area contributed by atoms with Gasteiger partial charge < -0.3 is 20.5 Å². The number of aromatic nitrogens is 2. The minimum absolute atomic E-state index is 0.168. The Bertz CT molecular complexity index is 1530. The van der Waals surface area contributed by atoms with Gasteiger partial charge in [0.2, 0.25) is 5.95 Å². The molecule has 37 heavy (non-hydrogen) atoms. The highest BCUT2D eigenvalue weighted by Crippen LogP contribution is 2.46. The standard InChI is InChI=1S/C28H27N5O4/c1-32(27(35)36)26-30-23-10-9-19(16-24(23)31-26)28(37)22-8-3-2-7-21(22)25(34)33(28)20-6-4-5-18(15-20)17-11-13-29-14-12-17/h2-10,15-17,29,37H,11-14H2,1H3,(H,30,31)(H,35,36). The normalized spacial score (nSPS) is 19.8. The molecule has 0 radical (unpaired) electrons. The Hall–Kier alpha value is -4.21. The molecule has 2 aliphatic rings. The minimum atomic E-state index is -1.77. The fourth-order valence-corrected chi connectivity index (χ4v) is 5.49. The van der Waals surface area contributed by atoms with Crippen LogP contribution < -0.4 is 15.1 Å². The van der Waals surface area contributed by atoms with Crippen LogP contribution in [0.2, 0.25) is 0 Å². The quantitative estimate of drug-likeness (QED) is 0.338. The molecule has 1 fully saturated rings. The number of nitrogens with zero attached hydrogens (tertiary/aromatic N) is 3. The maximum Gasteiger partial charge on any atom is 0.413 e. The van der Waals surface area contributed by atoms with Crippen LogP contribution in [0.25, 0.3) is 11.0 Å². The number of hydrogen-bond acceptors (Lipinski definition) is 5. The number of carbonyl (C=O) groups is 2. The van der Waals surface area contributed by atoms with E-state index in [0.717, 1.165) is 36.4 Å². The Morgan fingerprint density at radius 2 is 1.86 bits per heavy atom. The topological polar surface area (TPSA) is 122 Å². The molecule has 4 aromatic rings. The Kier molecular flexibility index (Phi) is 5.47. The van der Waals surface area contributed by atoms with Crippen molar-refractivity contribution >= 4 is 34.7 Å². The molecule has 9 nitrogen and oxygen atoms in total. The third-order valence-electron chi connectivity index (χ3n) is 7.48. The van der Waals surface area contributed by atoms with E-state index in [1.165, 1.54) is 11.9 Å². The van der Waals surface area contributed by atoms with Crippen molar-refractivity contribution in [1.82, 2.24) is 15.3 Å². The highest BCUT2D eigenvalue weighted by Gasteiger charge is 2.50. The van der Waals surface area contributed by atoms with E-state index < -0.39 is 11.8 Å². The van der Waals surface area contributed by atoms with Crippen LogP contribution in [-0.2, 0) is 5.72 Å². The molecule has 1 atom stereocenters. The van der Waals surface area contributed by atoms with E-state index in [4.69, 9.17) is 0 Å². The zero-order chi connectivity index (χ0) is 25.7. The lowest BCUT2D eigenvalue weighted by atomic mass is 9.89. The molecule has 4 N–H and O–H groups in total. The number of aliphatic hydroxyl groups is 1. The number of imidazole rings is 1. The van der Waals surface area contributed by atoms with Gasteiger partial charge in [0.15, 0.2) is 5.72 Å². The van der Waals surface area contributed by atoms with Gasteiger partial charge in [-0.1, -0.05) is 36.4 Å². The molecule has 0 spiro atoms. The summed E-state index contributed by atoms with van der Waals surface area (Å²) in [6, 6.07) is 20.2. The molecule has 9 heteroatoms. The number of carbonyl (C=O) groups excluding carboxylic acids is 1. The van der Waals surface area contributed by atoms with Gasteiger partial charge >= 0.3 is 6.09 Å². The fourth-order valence-electron chi connectivity index (χ4n) is 5.49. The van der Waals surface area contributed by atoms with E-state index >= 15 is 0 Å². The number of benzene rings is 3. The van der Waals surface area contributed by atoms with Crippen molar-refractivity contribution in [3.05, 3.63) is 89.0 Å². The van der Waals surface area contributed by atoms with Crippen LogP contribution in [-0.4, -0.2) is 52.3 Å². The molecule has 2 amide bonds. The first kappa shape index (κ1) is 23.2. The number of H-pyrrole nitrogens is 1. The molecule has 188 valence electrons. The summed E-state index contributed by atoms with van der Waals surface area (Å²) in [4.78, 5) is 35.0. The number of nitrogens with one attached hydrogen (secondary N) is 2. The Morgan fingerprint density at radius 1 is 1.08 bits per heavy atom. The second kappa shape index (κ2) is 8.72. The van der Waals surface area contributed by atoms with Gasteiger partial charge in [-0.05, 0) is 67.7 Å². The predicted octanol–water partition coefficient (Wildman–Crippen LogP) is 4.00. The van der Waals surface area contributed by atoms with E-state index in [1.807, 2.05) is 18.2 Å². The number of amides is 2. The lowest BCUT2D eigenvalue weighted by Gasteiger charge is -2.35. The fraction of sp³-hybridized carbons (Fsp3) is 0.250. The first-order valence-corrected chi connectivity index (χ1v) is 12.3. The van der Waals surface area contributed by atoms with Gasteiger partial charge in [0.1, 0.15) is 0 Å². The van der Waals surface area contributed by atoms with Gasteiger partial charge in [-0.25, -0.2) is 9.78 Å². The van der Waals surface area contributed by atoms with Crippen LogP contribution in [0.1, 0.15) is 45.8 Å². The van der Waals surface area contributed by atoms with E-state index in [9.17, 15) is 19.8 Å². The van der Waals surface area contributed by atoms with Gasteiger partial charge in [-0.3, -0.25) is 14.6 Å². The zero-order valence-corrected chi connectivity index (χ0v) is 20.3. The summed E-state index contributed by atoms with van der Waals surface area (Å²) in [7, 11) is 1.40. The maximum absolute atomic E-state index is 13.8. The third kappa shape index (κ3) is 3.66. The Morgan fingerprint density at radius 3 is 2.65 bits per heavy atom. The van der Waals surface area contributed by atoms with Gasteiger partial charge in [0.05, 0.1) is 11.0 Å². The second-order valence-electron chi connectivity index (χ2n) is 9.61. The molecule has 3 aromatic carbocycles. The van der Waals surface area contributed by atoms with Gasteiger partial charge in [-0.2, -0.15) is 0 Å². The summed E-state index contributed by atoms with van der Waals surface area (Å²) in [6.07, 6.45) is 0.893. The Labute approximate surface area is 213 Å². The van der Waals surface area contributed by atoms with Crippen molar-refractivity contribution in [3.8, 4) is 0 Å². The number of aromatic amines is 1. The number of rotatable bonds is 4. The highest BCUT2D eigenvalue weighted by atomic mass is 16.4. The van der Waals surface area contributed by atoms with Crippen LogP contribution in [0, 0.1) is 0 Å². The summed E-state index contributed by atoms with van der Waals surface area (Å²) in [5, 5.41) is 25.1. The number of fused-ring (bicyclic) bond motifs is 2. The second-order valence-corrected chi connectivity index (χ2v) is 9.61. The van der Waals surface area contributed by atoms with Gasteiger partial charge in [-0.15, -0.1) is 0 Å². The van der Waals surface area contributed by atoms with Crippen molar-refractivity contribution in [2.75, 3.05) is 29.9 Å². The van der Waals surface area contributed by atoms with Crippen molar-refractivity contribution in [2.24, 2.45) is 0 Å². The lowest BCUT2D eigenvalue weighted by Crippen LogP contribution is -2.45. The van der Waals surface area contributed by atoms with Crippen molar-refractivity contribution in [1.29, 1.82) is 0 Å². The first-order chi connectivity index (χ1) is 17.9. The average molecular weight is 498 g/mol.